The van der Waals surface area contributed by atoms with Crippen LogP contribution in [0, 0.1) is 0 Å². The number of carbonyl (C=O) groups excluding carboxylic acids is 2. The second-order valence-electron chi connectivity index (χ2n) is 4.21. The molecule has 2 heterocycles. The second kappa shape index (κ2) is 5.03. The highest BCUT2D eigenvalue weighted by Gasteiger charge is 2.28. The summed E-state index contributed by atoms with van der Waals surface area (Å²) in [6, 6.07) is 3.58. The van der Waals surface area contributed by atoms with Gasteiger partial charge in [0.2, 0.25) is 11.8 Å². The predicted octanol–water partition coefficient (Wildman–Crippen LogP) is -0.146. The zero-order chi connectivity index (χ0) is 13.1. The lowest BCUT2D eigenvalue weighted by molar-refractivity contribution is -0.150. The van der Waals surface area contributed by atoms with Gasteiger partial charge in [0.15, 0.2) is 0 Å². The van der Waals surface area contributed by atoms with E-state index in [2.05, 4.69) is 4.98 Å². The third kappa shape index (κ3) is 2.42. The number of hydrogen-bond acceptors (Lipinski definition) is 4. The molecule has 0 aromatic carbocycles. The first kappa shape index (κ1) is 12.3. The Labute approximate surface area is 105 Å². The van der Waals surface area contributed by atoms with Gasteiger partial charge in [-0.2, -0.15) is 0 Å². The number of rotatable bonds is 3. The normalized spacial score (nSPS) is 16.3. The van der Waals surface area contributed by atoms with Crippen LogP contribution in [0.1, 0.15) is 12.5 Å². The topological polar surface area (TPSA) is 79.5 Å². The Morgan fingerprint density at radius 3 is 2.61 bits per heavy atom. The van der Waals surface area contributed by atoms with Gasteiger partial charge in [0.1, 0.15) is 12.4 Å². The molecule has 0 saturated carbocycles. The van der Waals surface area contributed by atoms with Gasteiger partial charge in [-0.3, -0.25) is 9.59 Å². The number of aromatic nitrogens is 1. The van der Waals surface area contributed by atoms with Crippen molar-refractivity contribution in [2.24, 2.45) is 0 Å². The Morgan fingerprint density at radius 1 is 1.28 bits per heavy atom. The number of nitrogens with zero attached hydrogens (tertiary/aromatic N) is 3. The molecule has 6 heteroatoms. The van der Waals surface area contributed by atoms with E-state index in [1.807, 2.05) is 13.0 Å². The van der Waals surface area contributed by atoms with Gasteiger partial charge in [-0.05, 0) is 13.0 Å². The highest BCUT2D eigenvalue weighted by Crippen LogP contribution is 2.13. The van der Waals surface area contributed by atoms with Gasteiger partial charge in [-0.15, -0.1) is 0 Å². The zero-order valence-corrected chi connectivity index (χ0v) is 10.3. The minimum atomic E-state index is -0.0558. The number of pyridine rings is 1. The molecule has 18 heavy (non-hydrogen) atoms. The molecule has 0 bridgehead atoms. The van der Waals surface area contributed by atoms with Crippen molar-refractivity contribution in [3.8, 4) is 0 Å². The van der Waals surface area contributed by atoms with Crippen LogP contribution in [0.25, 0.3) is 0 Å². The number of nitrogens with two attached hydrogens (primary N) is 1. The SMILES string of the molecule is CCN1CC(=O)N(Cc2cccnc2N)CC1=O. The van der Waals surface area contributed by atoms with Crippen molar-refractivity contribution in [3.63, 3.8) is 0 Å². The molecule has 0 unspecified atom stereocenters. The number of anilines is 1. The monoisotopic (exact) mass is 248 g/mol. The maximum Gasteiger partial charge on any atom is 0.242 e. The van der Waals surface area contributed by atoms with E-state index in [1.165, 1.54) is 4.90 Å². The van der Waals surface area contributed by atoms with Crippen LogP contribution in [0.15, 0.2) is 18.3 Å². The summed E-state index contributed by atoms with van der Waals surface area (Å²) >= 11 is 0. The van der Waals surface area contributed by atoms with Crippen LogP contribution in [0.2, 0.25) is 0 Å². The molecule has 1 fully saturated rings. The van der Waals surface area contributed by atoms with Gasteiger partial charge >= 0.3 is 0 Å². The summed E-state index contributed by atoms with van der Waals surface area (Å²) < 4.78 is 0. The maximum absolute atomic E-state index is 11.9. The van der Waals surface area contributed by atoms with Crippen molar-refractivity contribution in [1.82, 2.24) is 14.8 Å². The summed E-state index contributed by atoms with van der Waals surface area (Å²) in [5.74, 6) is 0.315. The predicted molar refractivity (Wildman–Crippen MR) is 66.3 cm³/mol. The number of hydrogen-bond donors (Lipinski definition) is 1. The quantitative estimate of drug-likeness (QED) is 0.807. The molecule has 6 nitrogen and oxygen atoms in total. The Hall–Kier alpha value is -2.11. The molecule has 1 aliphatic rings. The first-order chi connectivity index (χ1) is 8.61. The molecule has 1 aromatic rings. The van der Waals surface area contributed by atoms with Gasteiger partial charge in [0.25, 0.3) is 0 Å². The summed E-state index contributed by atoms with van der Waals surface area (Å²) in [5, 5.41) is 0. The van der Waals surface area contributed by atoms with E-state index in [0.717, 1.165) is 5.56 Å². The number of amides is 2. The van der Waals surface area contributed by atoms with Gasteiger partial charge in [-0.1, -0.05) is 6.07 Å². The van der Waals surface area contributed by atoms with Crippen molar-refractivity contribution in [2.75, 3.05) is 25.4 Å². The van der Waals surface area contributed by atoms with Gasteiger partial charge in [0, 0.05) is 24.8 Å². The molecular weight excluding hydrogens is 232 g/mol. The standard InChI is InChI=1S/C12H16N4O2/c1-2-15-7-11(18)16(8-10(15)17)6-9-4-3-5-14-12(9)13/h3-5H,2,6-8H2,1H3,(H2,13,14). The fraction of sp³-hybridized carbons (Fsp3) is 0.417. The molecular formula is C12H16N4O2. The lowest BCUT2D eigenvalue weighted by Crippen LogP contribution is -2.53. The van der Waals surface area contributed by atoms with Gasteiger partial charge in [-0.25, -0.2) is 4.98 Å². The molecule has 2 rings (SSSR count). The Morgan fingerprint density at radius 2 is 1.94 bits per heavy atom. The molecule has 0 atom stereocenters. The maximum atomic E-state index is 11.9. The molecule has 2 amide bonds. The lowest BCUT2D eigenvalue weighted by Gasteiger charge is -2.33. The summed E-state index contributed by atoms with van der Waals surface area (Å²) in [7, 11) is 0. The Kier molecular flexibility index (Phi) is 3.45. The number of carbonyl (C=O) groups is 2. The molecule has 0 radical (unpaired) electrons. The van der Waals surface area contributed by atoms with E-state index in [9.17, 15) is 9.59 Å². The average Bonchev–Trinajstić information content (AvgIpc) is 2.36. The molecule has 0 aliphatic carbocycles. The fourth-order valence-corrected chi connectivity index (χ4v) is 1.93. The van der Waals surface area contributed by atoms with E-state index < -0.39 is 0 Å². The zero-order valence-electron chi connectivity index (χ0n) is 10.3. The number of likely N-dealkylation sites (N-methyl/N-ethyl adjacent to an activating group) is 1. The van der Waals surface area contributed by atoms with Crippen molar-refractivity contribution in [1.29, 1.82) is 0 Å². The first-order valence-electron chi connectivity index (χ1n) is 5.86. The van der Waals surface area contributed by atoms with E-state index in [0.29, 0.717) is 18.9 Å². The van der Waals surface area contributed by atoms with E-state index in [4.69, 9.17) is 5.73 Å². The smallest absolute Gasteiger partial charge is 0.242 e. The third-order valence-corrected chi connectivity index (χ3v) is 3.03. The fourth-order valence-electron chi connectivity index (χ4n) is 1.93. The molecule has 96 valence electrons. The number of nitrogen functional groups attached to an aromatic ring is 1. The summed E-state index contributed by atoms with van der Waals surface area (Å²) in [6.45, 7) is 3.02. The van der Waals surface area contributed by atoms with Crippen molar-refractivity contribution in [3.05, 3.63) is 23.9 Å². The lowest BCUT2D eigenvalue weighted by atomic mass is 10.2. The average molecular weight is 248 g/mol. The molecule has 1 aromatic heterocycles. The summed E-state index contributed by atoms with van der Waals surface area (Å²) in [5.41, 5.74) is 6.49. The van der Waals surface area contributed by atoms with Crippen LogP contribution < -0.4 is 5.73 Å². The van der Waals surface area contributed by atoms with Crippen LogP contribution in [0.4, 0.5) is 5.82 Å². The number of piperazine rings is 1. The largest absolute Gasteiger partial charge is 0.383 e. The van der Waals surface area contributed by atoms with E-state index >= 15 is 0 Å². The molecule has 1 saturated heterocycles. The Balaban J connectivity index is 2.09. The van der Waals surface area contributed by atoms with Crippen molar-refractivity contribution >= 4 is 17.6 Å². The van der Waals surface area contributed by atoms with E-state index in [1.54, 1.807) is 17.2 Å². The minimum Gasteiger partial charge on any atom is -0.383 e. The van der Waals surface area contributed by atoms with Crippen molar-refractivity contribution in [2.45, 2.75) is 13.5 Å². The van der Waals surface area contributed by atoms with Crippen LogP contribution >= 0.6 is 0 Å². The Bertz CT molecular complexity index is 475. The summed E-state index contributed by atoms with van der Waals surface area (Å²) in [6.07, 6.45) is 1.60. The second-order valence-corrected chi connectivity index (χ2v) is 4.21. The van der Waals surface area contributed by atoms with Crippen LogP contribution in [-0.2, 0) is 16.1 Å². The first-order valence-corrected chi connectivity index (χ1v) is 5.86. The van der Waals surface area contributed by atoms with Gasteiger partial charge in [0.05, 0.1) is 6.54 Å². The van der Waals surface area contributed by atoms with Crippen LogP contribution in [-0.4, -0.2) is 46.2 Å². The minimum absolute atomic E-state index is 0.0282. The molecule has 2 N–H and O–H groups in total. The van der Waals surface area contributed by atoms with E-state index in [-0.39, 0.29) is 24.9 Å². The summed E-state index contributed by atoms with van der Waals surface area (Å²) in [4.78, 5) is 30.7. The highest BCUT2D eigenvalue weighted by atomic mass is 16.2. The van der Waals surface area contributed by atoms with Crippen LogP contribution in [0.3, 0.4) is 0 Å². The van der Waals surface area contributed by atoms with Crippen LogP contribution in [0.5, 0.6) is 0 Å². The van der Waals surface area contributed by atoms with Crippen molar-refractivity contribution < 1.29 is 9.59 Å². The molecule has 1 aliphatic heterocycles. The molecule has 0 spiro atoms. The third-order valence-electron chi connectivity index (χ3n) is 3.03. The highest BCUT2D eigenvalue weighted by molar-refractivity contribution is 5.92. The van der Waals surface area contributed by atoms with Gasteiger partial charge < -0.3 is 15.5 Å².